The average Bonchev–Trinajstić information content (AvgIpc) is 3.09. The predicted molar refractivity (Wildman–Crippen MR) is 77.5 cm³/mol. The Morgan fingerprint density at radius 1 is 1.55 bits per heavy atom. The summed E-state index contributed by atoms with van der Waals surface area (Å²) >= 11 is 0. The van der Waals surface area contributed by atoms with Gasteiger partial charge in [0.25, 0.3) is 0 Å². The lowest BCUT2D eigenvalue weighted by Gasteiger charge is -2.15. The van der Waals surface area contributed by atoms with Crippen LogP contribution < -0.4 is 5.32 Å². The molecule has 0 spiro atoms. The highest BCUT2D eigenvalue weighted by Crippen LogP contribution is 2.19. The highest BCUT2D eigenvalue weighted by Gasteiger charge is 2.16. The van der Waals surface area contributed by atoms with Gasteiger partial charge in [0.05, 0.1) is 29.6 Å². The van der Waals surface area contributed by atoms with Crippen LogP contribution in [0.5, 0.6) is 0 Å². The molecule has 0 aliphatic carbocycles. The Labute approximate surface area is 118 Å². The summed E-state index contributed by atoms with van der Waals surface area (Å²) in [4.78, 5) is 4.32. The van der Waals surface area contributed by atoms with E-state index < -0.39 is 6.10 Å². The first-order valence-corrected chi connectivity index (χ1v) is 7.15. The Balaban J connectivity index is 1.58. The minimum Gasteiger partial charge on any atom is -0.387 e. The first-order valence-electron chi connectivity index (χ1n) is 7.15. The first kappa shape index (κ1) is 13.5. The Morgan fingerprint density at radius 3 is 3.25 bits per heavy atom. The molecule has 1 aromatic carbocycles. The zero-order chi connectivity index (χ0) is 13.9. The number of benzene rings is 1. The van der Waals surface area contributed by atoms with Crippen molar-refractivity contribution in [1.82, 2.24) is 14.9 Å². The molecule has 108 valence electrons. The second kappa shape index (κ2) is 5.91. The van der Waals surface area contributed by atoms with Crippen LogP contribution in [0.1, 0.15) is 24.5 Å². The molecule has 1 aliphatic rings. The number of rotatable bonds is 5. The standard InChI is InChI=1S/C15H21N3O2/c1-18-10-17-13-7-11(4-5-14(13)18)15(19)9-16-8-12-3-2-6-20-12/h4-5,7,10,12,15-16,19H,2-3,6,8-9H2,1H3. The summed E-state index contributed by atoms with van der Waals surface area (Å²) in [5, 5.41) is 13.5. The number of aliphatic hydroxyl groups excluding tert-OH is 1. The molecule has 5 nitrogen and oxygen atoms in total. The molecule has 2 aromatic rings. The van der Waals surface area contributed by atoms with E-state index in [1.165, 1.54) is 0 Å². The molecule has 1 aromatic heterocycles. The van der Waals surface area contributed by atoms with Crippen LogP contribution in [0, 0.1) is 0 Å². The molecule has 2 atom stereocenters. The van der Waals surface area contributed by atoms with Crippen molar-refractivity contribution in [2.75, 3.05) is 19.7 Å². The zero-order valence-electron chi connectivity index (χ0n) is 11.7. The van der Waals surface area contributed by atoms with E-state index >= 15 is 0 Å². The lowest BCUT2D eigenvalue weighted by Crippen LogP contribution is -2.29. The number of ether oxygens (including phenoxy) is 1. The van der Waals surface area contributed by atoms with Crippen LogP contribution in [-0.2, 0) is 11.8 Å². The van der Waals surface area contributed by atoms with Gasteiger partial charge in [0.1, 0.15) is 0 Å². The van der Waals surface area contributed by atoms with Crippen LogP contribution in [-0.4, -0.2) is 40.5 Å². The molecule has 5 heteroatoms. The smallest absolute Gasteiger partial charge is 0.0955 e. The summed E-state index contributed by atoms with van der Waals surface area (Å²) in [5.41, 5.74) is 2.90. The Hall–Kier alpha value is -1.43. The summed E-state index contributed by atoms with van der Waals surface area (Å²) in [5.74, 6) is 0. The SMILES string of the molecule is Cn1cnc2cc(C(O)CNCC3CCCO3)ccc21. The number of nitrogens with one attached hydrogen (secondary N) is 1. The highest BCUT2D eigenvalue weighted by atomic mass is 16.5. The van der Waals surface area contributed by atoms with Gasteiger partial charge in [-0.1, -0.05) is 6.07 Å². The minimum atomic E-state index is -0.511. The van der Waals surface area contributed by atoms with Crippen molar-refractivity contribution < 1.29 is 9.84 Å². The molecule has 0 radical (unpaired) electrons. The van der Waals surface area contributed by atoms with E-state index in [1.54, 1.807) is 6.33 Å². The molecule has 1 fully saturated rings. The lowest BCUT2D eigenvalue weighted by molar-refractivity contribution is 0.103. The fraction of sp³-hybridized carbons (Fsp3) is 0.533. The number of hydrogen-bond donors (Lipinski definition) is 2. The van der Waals surface area contributed by atoms with Crippen molar-refractivity contribution in [2.45, 2.75) is 25.0 Å². The summed E-state index contributed by atoms with van der Waals surface area (Å²) in [6, 6.07) is 5.91. The predicted octanol–water partition coefficient (Wildman–Crippen LogP) is 1.38. The summed E-state index contributed by atoms with van der Waals surface area (Å²) in [7, 11) is 1.97. The molecule has 20 heavy (non-hydrogen) atoms. The topological polar surface area (TPSA) is 59.3 Å². The third kappa shape index (κ3) is 2.85. The largest absolute Gasteiger partial charge is 0.387 e. The molecular formula is C15H21N3O2. The van der Waals surface area contributed by atoms with Crippen LogP contribution in [0.4, 0.5) is 0 Å². The number of aryl methyl sites for hydroxylation is 1. The molecule has 1 aliphatic heterocycles. The Morgan fingerprint density at radius 2 is 2.45 bits per heavy atom. The van der Waals surface area contributed by atoms with Gasteiger partial charge in [-0.15, -0.1) is 0 Å². The van der Waals surface area contributed by atoms with Gasteiger partial charge in [0, 0.05) is 26.7 Å². The van der Waals surface area contributed by atoms with Crippen molar-refractivity contribution in [3.63, 3.8) is 0 Å². The maximum absolute atomic E-state index is 10.2. The number of imidazole rings is 1. The van der Waals surface area contributed by atoms with Gasteiger partial charge in [-0.05, 0) is 30.5 Å². The number of fused-ring (bicyclic) bond motifs is 1. The molecule has 0 amide bonds. The van der Waals surface area contributed by atoms with Crippen LogP contribution >= 0.6 is 0 Å². The first-order chi connectivity index (χ1) is 9.74. The summed E-state index contributed by atoms with van der Waals surface area (Å²) in [6.07, 6.45) is 3.84. The third-order valence-corrected chi connectivity index (χ3v) is 3.87. The normalized spacial score (nSPS) is 20.6. The monoisotopic (exact) mass is 275 g/mol. The van der Waals surface area contributed by atoms with Crippen molar-refractivity contribution in [2.24, 2.45) is 7.05 Å². The van der Waals surface area contributed by atoms with Gasteiger partial charge in [-0.3, -0.25) is 0 Å². The molecule has 0 bridgehead atoms. The van der Waals surface area contributed by atoms with Crippen molar-refractivity contribution in [1.29, 1.82) is 0 Å². The molecular weight excluding hydrogens is 254 g/mol. The molecule has 2 unspecified atom stereocenters. The van der Waals surface area contributed by atoms with E-state index in [0.29, 0.717) is 12.6 Å². The Bertz CT molecular complexity index is 576. The van der Waals surface area contributed by atoms with Gasteiger partial charge in [0.2, 0.25) is 0 Å². The lowest BCUT2D eigenvalue weighted by atomic mass is 10.1. The van der Waals surface area contributed by atoms with Gasteiger partial charge in [-0.25, -0.2) is 4.98 Å². The van der Waals surface area contributed by atoms with E-state index in [2.05, 4.69) is 10.3 Å². The molecule has 1 saturated heterocycles. The Kier molecular flexibility index (Phi) is 4.00. The molecule has 2 heterocycles. The maximum atomic E-state index is 10.2. The molecule has 2 N–H and O–H groups in total. The van der Waals surface area contributed by atoms with Crippen LogP contribution in [0.2, 0.25) is 0 Å². The van der Waals surface area contributed by atoms with Gasteiger partial charge in [-0.2, -0.15) is 0 Å². The van der Waals surface area contributed by atoms with E-state index in [0.717, 1.165) is 42.6 Å². The van der Waals surface area contributed by atoms with Crippen LogP contribution in [0.3, 0.4) is 0 Å². The number of aromatic nitrogens is 2. The molecule has 3 rings (SSSR count). The second-order valence-electron chi connectivity index (χ2n) is 5.41. The maximum Gasteiger partial charge on any atom is 0.0955 e. The minimum absolute atomic E-state index is 0.306. The summed E-state index contributed by atoms with van der Waals surface area (Å²) < 4.78 is 7.52. The second-order valence-corrected chi connectivity index (χ2v) is 5.41. The fourth-order valence-electron chi connectivity index (χ4n) is 2.66. The van der Waals surface area contributed by atoms with Crippen LogP contribution in [0.15, 0.2) is 24.5 Å². The van der Waals surface area contributed by atoms with E-state index in [-0.39, 0.29) is 0 Å². The van der Waals surface area contributed by atoms with E-state index in [9.17, 15) is 5.11 Å². The number of aliphatic hydroxyl groups is 1. The highest BCUT2D eigenvalue weighted by molar-refractivity contribution is 5.76. The van der Waals surface area contributed by atoms with Gasteiger partial charge < -0.3 is 19.7 Å². The van der Waals surface area contributed by atoms with Gasteiger partial charge in [0.15, 0.2) is 0 Å². The zero-order valence-corrected chi connectivity index (χ0v) is 11.7. The van der Waals surface area contributed by atoms with E-state index in [4.69, 9.17) is 4.74 Å². The number of nitrogens with zero attached hydrogens (tertiary/aromatic N) is 2. The van der Waals surface area contributed by atoms with Crippen LogP contribution in [0.25, 0.3) is 11.0 Å². The van der Waals surface area contributed by atoms with Gasteiger partial charge >= 0.3 is 0 Å². The summed E-state index contributed by atoms with van der Waals surface area (Å²) in [6.45, 7) is 2.21. The third-order valence-electron chi connectivity index (χ3n) is 3.87. The fourth-order valence-corrected chi connectivity index (χ4v) is 2.66. The van der Waals surface area contributed by atoms with Crippen molar-refractivity contribution in [3.8, 4) is 0 Å². The number of hydrogen-bond acceptors (Lipinski definition) is 4. The quantitative estimate of drug-likeness (QED) is 0.865. The van der Waals surface area contributed by atoms with E-state index in [1.807, 2.05) is 29.8 Å². The van der Waals surface area contributed by atoms with Crippen molar-refractivity contribution >= 4 is 11.0 Å². The van der Waals surface area contributed by atoms with Crippen molar-refractivity contribution in [3.05, 3.63) is 30.1 Å². The average molecular weight is 275 g/mol. The molecule has 0 saturated carbocycles.